The van der Waals surface area contributed by atoms with E-state index in [2.05, 4.69) is 26.0 Å². The van der Waals surface area contributed by atoms with Crippen molar-refractivity contribution in [1.29, 1.82) is 0 Å². The molecule has 28 heavy (non-hydrogen) atoms. The Morgan fingerprint density at radius 1 is 0.893 bits per heavy atom. The quantitative estimate of drug-likeness (QED) is 0.581. The Morgan fingerprint density at radius 3 is 2.14 bits per heavy atom. The molecule has 3 aromatic rings. The largest absolute Gasteiger partial charge is 0.508 e. The zero-order valence-electron chi connectivity index (χ0n) is 16.9. The van der Waals surface area contributed by atoms with E-state index >= 15 is 0 Å². The van der Waals surface area contributed by atoms with Crippen molar-refractivity contribution in [2.24, 2.45) is 0 Å². The molecule has 0 atom stereocenters. The molecule has 0 aromatic heterocycles. The van der Waals surface area contributed by atoms with E-state index in [1.165, 1.54) is 11.1 Å². The zero-order valence-corrected chi connectivity index (χ0v) is 16.9. The second kappa shape index (κ2) is 8.56. The molecule has 1 N–H and O–H groups in total. The number of phenols is 1. The lowest BCUT2D eigenvalue weighted by Crippen LogP contribution is -2.28. The molecule has 2 nitrogen and oxygen atoms in total. The van der Waals surface area contributed by atoms with Crippen LogP contribution in [0.5, 0.6) is 11.5 Å². The van der Waals surface area contributed by atoms with Crippen LogP contribution in [0.1, 0.15) is 48.9 Å². The van der Waals surface area contributed by atoms with Crippen LogP contribution in [0.2, 0.25) is 0 Å². The summed E-state index contributed by atoms with van der Waals surface area (Å²) in [6.45, 7) is 6.82. The fourth-order valence-corrected chi connectivity index (χ4v) is 3.90. The molecular weight excluding hydrogens is 343 g/mol. The lowest BCUT2D eigenvalue weighted by Gasteiger charge is -2.34. The molecule has 0 spiro atoms. The fraction of sp³-hybridized carbons (Fsp3) is 0.280. The van der Waals surface area contributed by atoms with Crippen molar-refractivity contribution in [2.75, 3.05) is 0 Å². The molecule has 0 aliphatic carbocycles. The number of ether oxygens (including phenoxy) is 1. The van der Waals surface area contributed by atoms with E-state index in [1.807, 2.05) is 55.5 Å². The van der Waals surface area contributed by atoms with Crippen molar-refractivity contribution in [3.63, 3.8) is 0 Å². The van der Waals surface area contributed by atoms with E-state index in [9.17, 15) is 5.11 Å². The van der Waals surface area contributed by atoms with Crippen molar-refractivity contribution >= 4 is 13.3 Å². The Morgan fingerprint density at radius 2 is 1.54 bits per heavy atom. The van der Waals surface area contributed by atoms with Gasteiger partial charge in [-0.15, -0.1) is 0 Å². The van der Waals surface area contributed by atoms with E-state index in [4.69, 9.17) is 12.6 Å². The molecule has 3 heteroatoms. The average Bonchev–Trinajstić information content (AvgIpc) is 2.72. The highest BCUT2D eigenvalue weighted by molar-refractivity contribution is 6.34. The lowest BCUT2D eigenvalue weighted by atomic mass is 9.69. The van der Waals surface area contributed by atoms with Gasteiger partial charge in [-0.2, -0.15) is 0 Å². The summed E-state index contributed by atoms with van der Waals surface area (Å²) < 4.78 is 5.94. The van der Waals surface area contributed by atoms with Gasteiger partial charge in [-0.25, -0.2) is 0 Å². The van der Waals surface area contributed by atoms with E-state index in [0.717, 1.165) is 24.0 Å². The van der Waals surface area contributed by atoms with Crippen molar-refractivity contribution in [2.45, 2.75) is 45.6 Å². The Bertz CT molecular complexity index is 931. The summed E-state index contributed by atoms with van der Waals surface area (Å²) in [4.78, 5) is 0. The molecule has 0 unspecified atom stereocenters. The third kappa shape index (κ3) is 3.94. The van der Waals surface area contributed by atoms with Crippen LogP contribution in [-0.4, -0.2) is 13.0 Å². The molecule has 0 heterocycles. The highest BCUT2D eigenvalue weighted by Gasteiger charge is 2.31. The van der Waals surface area contributed by atoms with Gasteiger partial charge in [0.2, 0.25) is 0 Å². The number of benzene rings is 3. The van der Waals surface area contributed by atoms with Crippen LogP contribution < -0.4 is 10.2 Å². The minimum atomic E-state index is -0.148. The van der Waals surface area contributed by atoms with Gasteiger partial charge in [0, 0.05) is 5.41 Å². The number of rotatable bonds is 7. The maximum Gasteiger partial charge on any atom is 0.119 e. The van der Waals surface area contributed by atoms with Gasteiger partial charge in [-0.05, 0) is 54.2 Å². The summed E-state index contributed by atoms with van der Waals surface area (Å²) in [7, 11) is 6.36. The van der Waals surface area contributed by atoms with Crippen molar-refractivity contribution in [3.05, 3.63) is 89.0 Å². The van der Waals surface area contributed by atoms with Gasteiger partial charge >= 0.3 is 0 Å². The summed E-state index contributed by atoms with van der Waals surface area (Å²) in [6, 6.07) is 22.1. The minimum Gasteiger partial charge on any atom is -0.508 e. The standard InChI is InChI=1S/C25H27BO2/c1-4-25(5-2,20-11-13-23(27)18(3)15-20)21-12-14-24(22(26)16-21)28-17-19-9-7-6-8-10-19/h6-16,27H,4-5,17H2,1-3H3. The smallest absolute Gasteiger partial charge is 0.119 e. The molecule has 3 aromatic carbocycles. The van der Waals surface area contributed by atoms with Crippen LogP contribution in [0.3, 0.4) is 0 Å². The van der Waals surface area contributed by atoms with Crippen LogP contribution in [0.15, 0.2) is 66.7 Å². The highest BCUT2D eigenvalue weighted by atomic mass is 16.5. The van der Waals surface area contributed by atoms with Gasteiger partial charge in [0.15, 0.2) is 0 Å². The van der Waals surface area contributed by atoms with E-state index in [-0.39, 0.29) is 5.41 Å². The molecule has 2 radical (unpaired) electrons. The number of aryl methyl sites for hydroxylation is 1. The average molecular weight is 370 g/mol. The normalized spacial score (nSPS) is 11.4. The number of aromatic hydroxyl groups is 1. The van der Waals surface area contributed by atoms with Gasteiger partial charge in [0.05, 0.1) is 0 Å². The molecule has 0 saturated carbocycles. The number of hydrogen-bond donors (Lipinski definition) is 1. The Kier molecular flexibility index (Phi) is 6.13. The van der Waals surface area contributed by atoms with Crippen molar-refractivity contribution < 1.29 is 9.84 Å². The summed E-state index contributed by atoms with van der Waals surface area (Å²) in [5, 5.41) is 9.92. The van der Waals surface area contributed by atoms with E-state index < -0.39 is 0 Å². The maximum atomic E-state index is 9.92. The van der Waals surface area contributed by atoms with Crippen LogP contribution in [0.4, 0.5) is 0 Å². The zero-order chi connectivity index (χ0) is 20.1. The van der Waals surface area contributed by atoms with Crippen LogP contribution >= 0.6 is 0 Å². The summed E-state index contributed by atoms with van der Waals surface area (Å²) >= 11 is 0. The third-order valence-corrected chi connectivity index (χ3v) is 5.76. The Hall–Kier alpha value is -2.68. The molecule has 3 rings (SSSR count). The van der Waals surface area contributed by atoms with Gasteiger partial charge in [-0.3, -0.25) is 0 Å². The molecule has 0 aliphatic heterocycles. The van der Waals surface area contributed by atoms with Gasteiger partial charge in [0.25, 0.3) is 0 Å². The topological polar surface area (TPSA) is 29.5 Å². The summed E-state index contributed by atoms with van der Waals surface area (Å²) in [6.07, 6.45) is 1.88. The maximum absolute atomic E-state index is 9.92. The molecular formula is C25H27BO2. The first-order valence-corrected chi connectivity index (χ1v) is 9.87. The number of hydrogen-bond acceptors (Lipinski definition) is 2. The van der Waals surface area contributed by atoms with Crippen LogP contribution in [0, 0.1) is 6.92 Å². The van der Waals surface area contributed by atoms with Crippen molar-refractivity contribution in [3.8, 4) is 11.5 Å². The van der Waals surface area contributed by atoms with E-state index in [1.54, 1.807) is 6.07 Å². The molecule has 0 bridgehead atoms. The summed E-state index contributed by atoms with van der Waals surface area (Å²) in [5.74, 6) is 1.03. The van der Waals surface area contributed by atoms with Crippen LogP contribution in [0.25, 0.3) is 0 Å². The van der Waals surface area contributed by atoms with E-state index in [0.29, 0.717) is 23.6 Å². The first-order valence-electron chi connectivity index (χ1n) is 9.87. The first kappa shape index (κ1) is 20.1. The molecule has 0 saturated heterocycles. The fourth-order valence-electron chi connectivity index (χ4n) is 3.90. The summed E-state index contributed by atoms with van der Waals surface area (Å²) in [5.41, 5.74) is 4.87. The Labute approximate surface area is 169 Å². The predicted molar refractivity (Wildman–Crippen MR) is 117 cm³/mol. The first-order chi connectivity index (χ1) is 13.5. The number of phenolic OH excluding ortho intramolecular Hbond substituents is 1. The van der Waals surface area contributed by atoms with Crippen LogP contribution in [-0.2, 0) is 12.0 Å². The van der Waals surface area contributed by atoms with Gasteiger partial charge in [-0.1, -0.05) is 73.9 Å². The minimum absolute atomic E-state index is 0.148. The Balaban J connectivity index is 1.91. The molecule has 0 fully saturated rings. The SMILES string of the molecule is [B]c1cc(C(CC)(CC)c2ccc(O)c(C)c2)ccc1OCc1ccccc1. The second-order valence-corrected chi connectivity index (χ2v) is 7.32. The van der Waals surface area contributed by atoms with Gasteiger partial charge in [0.1, 0.15) is 26.0 Å². The van der Waals surface area contributed by atoms with Gasteiger partial charge < -0.3 is 9.84 Å². The molecule has 0 amide bonds. The highest BCUT2D eigenvalue weighted by Crippen LogP contribution is 2.40. The van der Waals surface area contributed by atoms with Crippen molar-refractivity contribution in [1.82, 2.24) is 0 Å². The molecule has 0 aliphatic rings. The third-order valence-electron chi connectivity index (χ3n) is 5.76. The predicted octanol–water partition coefficient (Wildman–Crippen LogP) is 5.18. The second-order valence-electron chi connectivity index (χ2n) is 7.32. The lowest BCUT2D eigenvalue weighted by molar-refractivity contribution is 0.308. The molecule has 142 valence electrons. The monoisotopic (exact) mass is 370 g/mol.